The molecule has 0 aliphatic rings. The highest BCUT2D eigenvalue weighted by molar-refractivity contribution is 14.1. The number of nitrogens with zero attached hydrogens (tertiary/aromatic N) is 1. The lowest BCUT2D eigenvalue weighted by Gasteiger charge is -1.88. The molecule has 0 saturated carbocycles. The molecule has 3 heteroatoms. The largest absolute Gasteiger partial charge is 0.263 e. The van der Waals surface area contributed by atoms with E-state index in [0.29, 0.717) is 5.02 Å². The molecule has 1 nitrogen and oxygen atoms in total. The molecule has 1 rings (SSSR count). The Labute approximate surface area is 66.2 Å². The molecular formula is C5H3ClIN. The van der Waals surface area contributed by atoms with E-state index in [1.807, 2.05) is 6.07 Å². The molecule has 0 N–H and O–H groups in total. The zero-order valence-corrected chi connectivity index (χ0v) is 6.85. The van der Waals surface area contributed by atoms with Gasteiger partial charge in [-0.25, -0.2) is 0 Å². The van der Waals surface area contributed by atoms with Crippen molar-refractivity contribution in [3.05, 3.63) is 27.1 Å². The maximum absolute atomic E-state index is 5.64. The molecule has 0 aromatic carbocycles. The molecule has 1 heterocycles. The molecule has 0 fully saturated rings. The molecule has 8 heavy (non-hydrogen) atoms. The second kappa shape index (κ2) is 2.64. The fourth-order valence-corrected chi connectivity index (χ4v) is 0.778. The summed E-state index contributed by atoms with van der Waals surface area (Å²) in [6, 6.07) is 1.86. The molecule has 42 valence electrons. The minimum atomic E-state index is 0.716. The Morgan fingerprint density at radius 1 is 1.62 bits per heavy atom. The first-order chi connectivity index (χ1) is 3.80. The van der Waals surface area contributed by atoms with Crippen LogP contribution in [0.5, 0.6) is 0 Å². The minimum Gasteiger partial charge on any atom is -0.263 e. The van der Waals surface area contributed by atoms with Gasteiger partial charge >= 0.3 is 0 Å². The lowest BCUT2D eigenvalue weighted by atomic mass is 10.5. The standard InChI is InChI=1S/C5H3ClIN/c6-4-3-8-2-1-5(4)7/h1-3H. The van der Waals surface area contributed by atoms with E-state index in [2.05, 4.69) is 27.6 Å². The van der Waals surface area contributed by atoms with Crippen LogP contribution in [0.25, 0.3) is 0 Å². The second-order valence-electron chi connectivity index (χ2n) is 1.29. The Bertz CT molecular complexity index is 169. The van der Waals surface area contributed by atoms with Gasteiger partial charge in [0.1, 0.15) is 0 Å². The monoisotopic (exact) mass is 239 g/mol. The Kier molecular flexibility index (Phi) is 2.08. The molecule has 1 aromatic rings. The van der Waals surface area contributed by atoms with Gasteiger partial charge in [-0.3, -0.25) is 4.98 Å². The Hall–Kier alpha value is 0.170. The smallest absolute Gasteiger partial charge is 0.0722 e. The number of hydrogen-bond acceptors (Lipinski definition) is 1. The van der Waals surface area contributed by atoms with Crippen molar-refractivity contribution in [2.45, 2.75) is 0 Å². The zero-order chi connectivity index (χ0) is 5.98. The van der Waals surface area contributed by atoms with Crippen LogP contribution < -0.4 is 0 Å². The molecule has 0 aliphatic carbocycles. The lowest BCUT2D eigenvalue weighted by molar-refractivity contribution is 1.32. The molecular weight excluding hydrogens is 236 g/mol. The summed E-state index contributed by atoms with van der Waals surface area (Å²) in [4.78, 5) is 3.81. The summed E-state index contributed by atoms with van der Waals surface area (Å²) >= 11 is 7.79. The number of rotatable bonds is 0. The maximum atomic E-state index is 5.64. The third-order valence-electron chi connectivity index (χ3n) is 0.723. The molecule has 0 atom stereocenters. The van der Waals surface area contributed by atoms with Crippen molar-refractivity contribution < 1.29 is 0 Å². The summed E-state index contributed by atoms with van der Waals surface area (Å²) in [5, 5.41) is 0.716. The molecule has 0 spiro atoms. The fourth-order valence-electron chi connectivity index (χ4n) is 0.358. The molecule has 0 amide bonds. The second-order valence-corrected chi connectivity index (χ2v) is 2.86. The van der Waals surface area contributed by atoms with Crippen LogP contribution in [0.2, 0.25) is 5.02 Å². The first-order valence-electron chi connectivity index (χ1n) is 2.06. The van der Waals surface area contributed by atoms with E-state index in [1.165, 1.54) is 0 Å². The zero-order valence-electron chi connectivity index (χ0n) is 3.94. The van der Waals surface area contributed by atoms with E-state index in [9.17, 15) is 0 Å². The normalized spacial score (nSPS) is 9.25. The number of pyridine rings is 1. The van der Waals surface area contributed by atoms with Gasteiger partial charge in [0.05, 0.1) is 5.02 Å². The van der Waals surface area contributed by atoms with Crippen LogP contribution in [-0.4, -0.2) is 4.98 Å². The van der Waals surface area contributed by atoms with Crippen LogP contribution in [0, 0.1) is 3.57 Å². The van der Waals surface area contributed by atoms with Crippen LogP contribution in [0.15, 0.2) is 18.5 Å². The van der Waals surface area contributed by atoms with Gasteiger partial charge in [0, 0.05) is 16.0 Å². The maximum Gasteiger partial charge on any atom is 0.0722 e. The van der Waals surface area contributed by atoms with Crippen molar-refractivity contribution in [2.75, 3.05) is 0 Å². The summed E-state index contributed by atoms with van der Waals surface area (Å²) < 4.78 is 1.04. The third kappa shape index (κ3) is 1.32. The predicted molar refractivity (Wildman–Crippen MR) is 42.0 cm³/mol. The predicted octanol–water partition coefficient (Wildman–Crippen LogP) is 2.34. The topological polar surface area (TPSA) is 12.9 Å². The van der Waals surface area contributed by atoms with Crippen molar-refractivity contribution in [1.82, 2.24) is 4.98 Å². The van der Waals surface area contributed by atoms with Gasteiger partial charge in [0.25, 0.3) is 0 Å². The van der Waals surface area contributed by atoms with E-state index in [-0.39, 0.29) is 0 Å². The van der Waals surface area contributed by atoms with Gasteiger partial charge in [-0.2, -0.15) is 0 Å². The molecule has 0 radical (unpaired) electrons. The van der Waals surface area contributed by atoms with Gasteiger partial charge in [-0.15, -0.1) is 0 Å². The average molecular weight is 239 g/mol. The first-order valence-corrected chi connectivity index (χ1v) is 3.51. The number of hydrogen-bond donors (Lipinski definition) is 0. The molecule has 1 aromatic heterocycles. The summed E-state index contributed by atoms with van der Waals surface area (Å²) in [6.45, 7) is 0. The van der Waals surface area contributed by atoms with Gasteiger partial charge < -0.3 is 0 Å². The summed E-state index contributed by atoms with van der Waals surface area (Å²) in [5.74, 6) is 0. The molecule has 0 aliphatic heterocycles. The molecule has 0 bridgehead atoms. The van der Waals surface area contributed by atoms with E-state index < -0.39 is 0 Å². The van der Waals surface area contributed by atoms with Gasteiger partial charge in [0.2, 0.25) is 0 Å². The fraction of sp³-hybridized carbons (Fsp3) is 0. The van der Waals surface area contributed by atoms with Gasteiger partial charge in [-0.05, 0) is 28.7 Å². The van der Waals surface area contributed by atoms with E-state index >= 15 is 0 Å². The Balaban J connectivity index is 3.13. The molecule has 0 saturated heterocycles. The highest BCUT2D eigenvalue weighted by Crippen LogP contribution is 2.14. The van der Waals surface area contributed by atoms with Gasteiger partial charge in [-0.1, -0.05) is 11.6 Å². The average Bonchev–Trinajstić information content (AvgIpc) is 1.77. The Morgan fingerprint density at radius 2 is 2.38 bits per heavy atom. The Morgan fingerprint density at radius 3 is 2.75 bits per heavy atom. The highest BCUT2D eigenvalue weighted by atomic mass is 127. The van der Waals surface area contributed by atoms with Crippen molar-refractivity contribution in [1.29, 1.82) is 0 Å². The van der Waals surface area contributed by atoms with E-state index in [0.717, 1.165) is 3.57 Å². The quantitative estimate of drug-likeness (QED) is 0.633. The van der Waals surface area contributed by atoms with E-state index in [1.54, 1.807) is 12.4 Å². The summed E-state index contributed by atoms with van der Waals surface area (Å²) in [5.41, 5.74) is 0. The third-order valence-corrected chi connectivity index (χ3v) is 2.28. The molecule has 0 unspecified atom stereocenters. The van der Waals surface area contributed by atoms with Crippen molar-refractivity contribution >= 4 is 34.2 Å². The number of aromatic nitrogens is 1. The van der Waals surface area contributed by atoms with Crippen molar-refractivity contribution in [3.8, 4) is 0 Å². The van der Waals surface area contributed by atoms with Crippen molar-refractivity contribution in [3.63, 3.8) is 0 Å². The van der Waals surface area contributed by atoms with Crippen LogP contribution >= 0.6 is 34.2 Å². The summed E-state index contributed by atoms with van der Waals surface area (Å²) in [6.07, 6.45) is 3.34. The van der Waals surface area contributed by atoms with Gasteiger partial charge in [0.15, 0.2) is 0 Å². The van der Waals surface area contributed by atoms with Crippen LogP contribution in [0.3, 0.4) is 0 Å². The van der Waals surface area contributed by atoms with Crippen LogP contribution in [-0.2, 0) is 0 Å². The SMILES string of the molecule is Clc1cnccc1I. The minimum absolute atomic E-state index is 0.716. The lowest BCUT2D eigenvalue weighted by Crippen LogP contribution is -1.73. The van der Waals surface area contributed by atoms with Crippen LogP contribution in [0.4, 0.5) is 0 Å². The first kappa shape index (κ1) is 6.29. The van der Waals surface area contributed by atoms with Crippen molar-refractivity contribution in [2.24, 2.45) is 0 Å². The summed E-state index contributed by atoms with van der Waals surface area (Å²) in [7, 11) is 0. The van der Waals surface area contributed by atoms with Crippen LogP contribution in [0.1, 0.15) is 0 Å². The van der Waals surface area contributed by atoms with E-state index in [4.69, 9.17) is 11.6 Å². The highest BCUT2D eigenvalue weighted by Gasteiger charge is 1.89. The number of halogens is 2.